The first-order valence-electron chi connectivity index (χ1n) is 7.70. The average molecular weight is 386 g/mol. The van der Waals surface area contributed by atoms with Crippen LogP contribution in [-0.4, -0.2) is 22.5 Å². The van der Waals surface area contributed by atoms with Gasteiger partial charge in [-0.2, -0.15) is 0 Å². The standard InChI is InChI=1S/C17H21ClNO5P/c1-12(16(20)23-25(18,21)22)19(24-17(2,3)4)15-11-7-9-13-8-5-6-10-14(13)15/h5-12H,1-4H3,(H,21,22)/t12-/m0/s1. The van der Waals surface area contributed by atoms with Crippen LogP contribution >= 0.6 is 18.2 Å². The molecule has 1 unspecified atom stereocenters. The number of hydroxylamine groups is 1. The summed E-state index contributed by atoms with van der Waals surface area (Å²) >= 11 is 5.16. The summed E-state index contributed by atoms with van der Waals surface area (Å²) in [7, 11) is 0. The summed E-state index contributed by atoms with van der Waals surface area (Å²) < 4.78 is 15.6. The van der Waals surface area contributed by atoms with Gasteiger partial charge in [-0.15, -0.1) is 0 Å². The molecule has 0 aliphatic rings. The molecule has 136 valence electrons. The second-order valence-corrected chi connectivity index (χ2v) is 8.93. The first-order chi connectivity index (χ1) is 11.5. The molecule has 2 aromatic rings. The molecule has 0 aromatic heterocycles. The summed E-state index contributed by atoms with van der Waals surface area (Å²) in [5.41, 5.74) is 0.0230. The Balaban J connectivity index is 2.48. The second-order valence-electron chi connectivity index (χ2n) is 6.57. The molecule has 6 nitrogen and oxygen atoms in total. The van der Waals surface area contributed by atoms with Gasteiger partial charge in [0, 0.05) is 16.6 Å². The van der Waals surface area contributed by atoms with Crippen molar-refractivity contribution < 1.29 is 23.6 Å². The van der Waals surface area contributed by atoms with Crippen molar-refractivity contribution in [1.29, 1.82) is 0 Å². The predicted octanol–water partition coefficient (Wildman–Crippen LogP) is 4.65. The Labute approximate surface area is 151 Å². The zero-order valence-corrected chi connectivity index (χ0v) is 16.1. The fourth-order valence-corrected chi connectivity index (χ4v) is 2.89. The highest BCUT2D eigenvalue weighted by molar-refractivity contribution is 7.80. The van der Waals surface area contributed by atoms with E-state index in [1.54, 1.807) is 6.07 Å². The summed E-state index contributed by atoms with van der Waals surface area (Å²) in [6, 6.07) is 12.2. The minimum atomic E-state index is -4.47. The highest BCUT2D eigenvalue weighted by atomic mass is 35.7. The number of halogens is 1. The number of benzene rings is 2. The maximum absolute atomic E-state index is 12.2. The van der Waals surface area contributed by atoms with Gasteiger partial charge in [0.1, 0.15) is 0 Å². The average Bonchev–Trinajstić information content (AvgIpc) is 2.49. The number of carbonyl (C=O) groups excluding carboxylic acids is 1. The maximum Gasteiger partial charge on any atom is 0.476 e. The number of rotatable bonds is 5. The van der Waals surface area contributed by atoms with Gasteiger partial charge >= 0.3 is 12.9 Å². The normalized spacial score (nSPS) is 15.4. The molecule has 2 aromatic carbocycles. The molecule has 0 saturated carbocycles. The Morgan fingerprint density at radius 2 is 1.80 bits per heavy atom. The number of hydrogen-bond donors (Lipinski definition) is 1. The Kier molecular flexibility index (Phi) is 5.79. The second kappa shape index (κ2) is 7.34. The molecule has 0 radical (unpaired) electrons. The molecule has 0 amide bonds. The maximum atomic E-state index is 12.2. The van der Waals surface area contributed by atoms with Crippen molar-refractivity contribution >= 4 is 40.6 Å². The quantitative estimate of drug-likeness (QED) is 0.596. The van der Waals surface area contributed by atoms with Crippen molar-refractivity contribution in [3.63, 3.8) is 0 Å². The third-order valence-electron chi connectivity index (χ3n) is 3.27. The number of carbonyl (C=O) groups is 1. The van der Waals surface area contributed by atoms with Crippen LogP contribution in [0.25, 0.3) is 10.8 Å². The molecular weight excluding hydrogens is 365 g/mol. The van der Waals surface area contributed by atoms with E-state index in [-0.39, 0.29) is 0 Å². The van der Waals surface area contributed by atoms with E-state index in [1.165, 1.54) is 12.0 Å². The van der Waals surface area contributed by atoms with E-state index < -0.39 is 24.6 Å². The third-order valence-corrected chi connectivity index (χ3v) is 3.88. The molecule has 2 atom stereocenters. The monoisotopic (exact) mass is 385 g/mol. The lowest BCUT2D eigenvalue weighted by Gasteiger charge is -2.35. The topological polar surface area (TPSA) is 76.1 Å². The molecule has 1 N–H and O–H groups in total. The third kappa shape index (κ3) is 5.44. The first-order valence-corrected chi connectivity index (χ1v) is 10.2. The number of nitrogens with zero attached hydrogens (tertiary/aromatic N) is 1. The van der Waals surface area contributed by atoms with E-state index in [9.17, 15) is 9.36 Å². The lowest BCUT2D eigenvalue weighted by molar-refractivity contribution is -0.139. The van der Waals surface area contributed by atoms with Crippen LogP contribution in [0.3, 0.4) is 0 Å². The van der Waals surface area contributed by atoms with Gasteiger partial charge in [0.05, 0.1) is 11.3 Å². The van der Waals surface area contributed by atoms with Crippen LogP contribution in [0.5, 0.6) is 0 Å². The van der Waals surface area contributed by atoms with Crippen molar-refractivity contribution in [2.45, 2.75) is 39.3 Å². The number of anilines is 1. The van der Waals surface area contributed by atoms with Gasteiger partial charge in [-0.1, -0.05) is 36.4 Å². The van der Waals surface area contributed by atoms with E-state index in [4.69, 9.17) is 21.0 Å². The fourth-order valence-electron chi connectivity index (χ4n) is 2.32. The van der Waals surface area contributed by atoms with Gasteiger partial charge in [-0.05, 0) is 39.1 Å². The van der Waals surface area contributed by atoms with Crippen molar-refractivity contribution in [3.8, 4) is 0 Å². The van der Waals surface area contributed by atoms with Crippen LogP contribution in [0.2, 0.25) is 0 Å². The van der Waals surface area contributed by atoms with Crippen molar-refractivity contribution in [1.82, 2.24) is 0 Å². The van der Waals surface area contributed by atoms with Crippen LogP contribution in [0.4, 0.5) is 5.69 Å². The molecule has 0 heterocycles. The number of hydrogen-bond acceptors (Lipinski definition) is 5. The van der Waals surface area contributed by atoms with E-state index >= 15 is 0 Å². The molecule has 2 rings (SSSR count). The number of fused-ring (bicyclic) bond motifs is 1. The van der Waals surface area contributed by atoms with Gasteiger partial charge in [0.15, 0.2) is 6.04 Å². The van der Waals surface area contributed by atoms with Gasteiger partial charge in [-0.3, -0.25) is 4.84 Å². The van der Waals surface area contributed by atoms with Gasteiger partial charge in [0.25, 0.3) is 0 Å². The predicted molar refractivity (Wildman–Crippen MR) is 98.5 cm³/mol. The summed E-state index contributed by atoms with van der Waals surface area (Å²) in [6.07, 6.45) is 0. The molecular formula is C17H21ClNO5P. The van der Waals surface area contributed by atoms with Crippen LogP contribution in [0.15, 0.2) is 42.5 Å². The fraction of sp³-hybridized carbons (Fsp3) is 0.353. The van der Waals surface area contributed by atoms with Gasteiger partial charge < -0.3 is 9.42 Å². The lowest BCUT2D eigenvalue weighted by atomic mass is 10.1. The summed E-state index contributed by atoms with van der Waals surface area (Å²) in [5, 5.41) is 3.22. The molecule has 0 saturated heterocycles. The van der Waals surface area contributed by atoms with Crippen molar-refractivity contribution in [2.24, 2.45) is 0 Å². The lowest BCUT2D eigenvalue weighted by Crippen LogP contribution is -2.44. The zero-order chi connectivity index (χ0) is 18.8. The van der Waals surface area contributed by atoms with Crippen LogP contribution in [-0.2, 0) is 18.7 Å². The molecule has 0 aliphatic carbocycles. The van der Waals surface area contributed by atoms with Gasteiger partial charge in [-0.25, -0.2) is 14.4 Å². The minimum Gasteiger partial charge on any atom is -0.379 e. The molecule has 0 fully saturated rings. The summed E-state index contributed by atoms with van der Waals surface area (Å²) in [5.74, 6) is -0.960. The molecule has 0 spiro atoms. The van der Waals surface area contributed by atoms with E-state index in [0.29, 0.717) is 5.69 Å². The molecule has 8 heteroatoms. The first kappa shape index (κ1) is 19.7. The zero-order valence-electron chi connectivity index (χ0n) is 14.5. The van der Waals surface area contributed by atoms with Crippen LogP contribution in [0, 0.1) is 0 Å². The van der Waals surface area contributed by atoms with E-state index in [1.807, 2.05) is 57.2 Å². The highest BCUT2D eigenvalue weighted by Crippen LogP contribution is 2.48. The Morgan fingerprint density at radius 3 is 2.40 bits per heavy atom. The van der Waals surface area contributed by atoms with Crippen LogP contribution < -0.4 is 5.06 Å². The molecule has 0 aliphatic heterocycles. The van der Waals surface area contributed by atoms with Crippen molar-refractivity contribution in [2.75, 3.05) is 5.06 Å². The van der Waals surface area contributed by atoms with E-state index in [0.717, 1.165) is 10.8 Å². The highest BCUT2D eigenvalue weighted by Gasteiger charge is 2.33. The van der Waals surface area contributed by atoms with E-state index in [2.05, 4.69) is 4.52 Å². The smallest absolute Gasteiger partial charge is 0.379 e. The van der Waals surface area contributed by atoms with Crippen molar-refractivity contribution in [3.05, 3.63) is 42.5 Å². The Bertz CT molecular complexity index is 809. The molecule has 0 bridgehead atoms. The minimum absolute atomic E-state index is 0.616. The summed E-state index contributed by atoms with van der Waals surface area (Å²) in [6.45, 7) is 2.56. The molecule has 25 heavy (non-hydrogen) atoms. The largest absolute Gasteiger partial charge is 0.476 e. The summed E-state index contributed by atoms with van der Waals surface area (Å²) in [4.78, 5) is 27.3. The SMILES string of the molecule is C[C@@H](C(=O)OP(=O)(O)Cl)N(OC(C)(C)C)c1cccc2ccccc12. The Hall–Kier alpha value is -1.59. The Morgan fingerprint density at radius 1 is 1.20 bits per heavy atom. The van der Waals surface area contributed by atoms with Gasteiger partial charge in [0.2, 0.25) is 0 Å². The van der Waals surface area contributed by atoms with Crippen LogP contribution in [0.1, 0.15) is 27.7 Å².